The van der Waals surface area contributed by atoms with Gasteiger partial charge in [0.15, 0.2) is 22.9 Å². The molecule has 0 spiro atoms. The lowest BCUT2D eigenvalue weighted by Crippen LogP contribution is -2.31. The predicted molar refractivity (Wildman–Crippen MR) is 126 cm³/mol. The monoisotopic (exact) mass is 455 g/mol. The number of phenols is 1. The van der Waals surface area contributed by atoms with Crippen LogP contribution in [0.5, 0.6) is 11.5 Å². The molecule has 34 heavy (non-hydrogen) atoms. The minimum absolute atomic E-state index is 0.0238. The normalized spacial score (nSPS) is 15.9. The predicted octanol–water partition coefficient (Wildman–Crippen LogP) is 5.24. The maximum Gasteiger partial charge on any atom is 0.294 e. The van der Waals surface area contributed by atoms with Crippen molar-refractivity contribution in [2.75, 3.05) is 12.0 Å². The van der Waals surface area contributed by atoms with Crippen molar-refractivity contribution in [2.45, 2.75) is 13.0 Å². The van der Waals surface area contributed by atoms with Gasteiger partial charge in [0.2, 0.25) is 5.78 Å². The first-order valence-electron chi connectivity index (χ1n) is 10.6. The standard InChI is InChI=1S/C27H21NO6/c1-15-6-3-4-8-19(15)28-23(16-10-12-18(29)13-11-16)22(25(31)27(28)32)24(30)21-14-17-7-5-9-20(33-2)26(17)34-21/h3-14,23,29,31H,1-2H3. The number of benzene rings is 3. The number of aryl methyl sites for hydroxylation is 1. The summed E-state index contributed by atoms with van der Waals surface area (Å²) in [6.07, 6.45) is 0. The number of methoxy groups -OCH3 is 1. The second-order valence-electron chi connectivity index (χ2n) is 8.04. The van der Waals surface area contributed by atoms with Crippen molar-refractivity contribution < 1.29 is 29.0 Å². The molecule has 1 amide bonds. The first-order valence-corrected chi connectivity index (χ1v) is 10.6. The fourth-order valence-electron chi connectivity index (χ4n) is 4.33. The number of rotatable bonds is 5. The molecular formula is C27H21NO6. The molecule has 0 bridgehead atoms. The Bertz CT molecular complexity index is 1460. The number of nitrogens with zero attached hydrogens (tertiary/aromatic N) is 1. The van der Waals surface area contributed by atoms with Gasteiger partial charge in [-0.05, 0) is 48.4 Å². The van der Waals surface area contributed by atoms with Gasteiger partial charge in [0.25, 0.3) is 5.91 Å². The third-order valence-electron chi connectivity index (χ3n) is 5.99. The van der Waals surface area contributed by atoms with E-state index < -0.39 is 23.5 Å². The van der Waals surface area contributed by atoms with Gasteiger partial charge in [0, 0.05) is 11.1 Å². The number of anilines is 1. The lowest BCUT2D eigenvalue weighted by molar-refractivity contribution is -0.117. The van der Waals surface area contributed by atoms with Crippen LogP contribution in [0.4, 0.5) is 5.69 Å². The lowest BCUT2D eigenvalue weighted by atomic mass is 9.94. The molecule has 7 heteroatoms. The van der Waals surface area contributed by atoms with Crippen LogP contribution in [-0.4, -0.2) is 29.0 Å². The van der Waals surface area contributed by atoms with Gasteiger partial charge in [-0.2, -0.15) is 0 Å². The first kappa shape index (κ1) is 21.3. The lowest BCUT2D eigenvalue weighted by Gasteiger charge is -2.28. The largest absolute Gasteiger partial charge is 0.508 e. The van der Waals surface area contributed by atoms with Gasteiger partial charge in [-0.15, -0.1) is 0 Å². The van der Waals surface area contributed by atoms with Crippen molar-refractivity contribution in [3.8, 4) is 11.5 Å². The Balaban J connectivity index is 1.68. The van der Waals surface area contributed by atoms with Crippen molar-refractivity contribution in [2.24, 2.45) is 0 Å². The molecule has 0 saturated carbocycles. The zero-order valence-corrected chi connectivity index (χ0v) is 18.5. The Labute approximate surface area is 195 Å². The van der Waals surface area contributed by atoms with E-state index >= 15 is 0 Å². The van der Waals surface area contributed by atoms with E-state index in [4.69, 9.17) is 9.15 Å². The molecule has 170 valence electrons. The van der Waals surface area contributed by atoms with Crippen LogP contribution in [0.1, 0.15) is 27.7 Å². The van der Waals surface area contributed by atoms with Gasteiger partial charge in [0.05, 0.1) is 18.7 Å². The number of fused-ring (bicyclic) bond motifs is 1. The average Bonchev–Trinajstić information content (AvgIpc) is 3.39. The molecule has 1 aliphatic heterocycles. The van der Waals surface area contributed by atoms with Crippen LogP contribution in [0.25, 0.3) is 11.0 Å². The molecule has 2 N–H and O–H groups in total. The Morgan fingerprint density at radius 2 is 1.74 bits per heavy atom. The molecule has 1 unspecified atom stereocenters. The van der Waals surface area contributed by atoms with Crippen LogP contribution >= 0.6 is 0 Å². The van der Waals surface area contributed by atoms with Crippen LogP contribution in [0.2, 0.25) is 0 Å². The summed E-state index contributed by atoms with van der Waals surface area (Å²) >= 11 is 0. The summed E-state index contributed by atoms with van der Waals surface area (Å²) in [5.41, 5.74) is 2.21. The number of carbonyl (C=O) groups is 2. The number of carbonyl (C=O) groups excluding carboxylic acids is 2. The number of Topliss-reactive ketones (excluding diaryl/α,β-unsaturated/α-hetero) is 1. The summed E-state index contributed by atoms with van der Waals surface area (Å²) in [5, 5.41) is 21.4. The van der Waals surface area contributed by atoms with Gasteiger partial charge in [-0.3, -0.25) is 14.5 Å². The molecule has 0 saturated heterocycles. The highest BCUT2D eigenvalue weighted by Gasteiger charge is 2.45. The Kier molecular flexibility index (Phi) is 5.09. The third kappa shape index (κ3) is 3.29. The Morgan fingerprint density at radius 3 is 2.44 bits per heavy atom. The fourth-order valence-corrected chi connectivity index (χ4v) is 4.33. The molecule has 1 aliphatic rings. The maximum absolute atomic E-state index is 13.7. The summed E-state index contributed by atoms with van der Waals surface area (Å²) < 4.78 is 11.1. The van der Waals surface area contributed by atoms with Crippen molar-refractivity contribution in [3.05, 3.63) is 101 Å². The summed E-state index contributed by atoms with van der Waals surface area (Å²) in [5.74, 6) is -1.46. The summed E-state index contributed by atoms with van der Waals surface area (Å²) in [4.78, 5) is 28.4. The number of ether oxygens (including phenoxy) is 1. The number of aliphatic hydroxyl groups excluding tert-OH is 1. The molecule has 5 rings (SSSR count). The van der Waals surface area contributed by atoms with Crippen molar-refractivity contribution in [1.82, 2.24) is 0 Å². The second-order valence-corrected chi connectivity index (χ2v) is 8.04. The fraction of sp³-hybridized carbons (Fsp3) is 0.111. The Hall–Kier alpha value is -4.52. The molecule has 1 atom stereocenters. The van der Waals surface area contributed by atoms with E-state index in [2.05, 4.69) is 0 Å². The number of aromatic hydroxyl groups is 1. The molecule has 0 radical (unpaired) electrons. The highest BCUT2D eigenvalue weighted by Crippen LogP contribution is 2.43. The van der Waals surface area contributed by atoms with E-state index in [0.717, 1.165) is 5.56 Å². The first-order chi connectivity index (χ1) is 16.4. The van der Waals surface area contributed by atoms with Crippen LogP contribution in [-0.2, 0) is 4.79 Å². The van der Waals surface area contributed by atoms with Crippen LogP contribution < -0.4 is 9.64 Å². The van der Waals surface area contributed by atoms with Gasteiger partial charge >= 0.3 is 0 Å². The topological polar surface area (TPSA) is 100 Å². The minimum Gasteiger partial charge on any atom is -0.508 e. The number of hydrogen-bond acceptors (Lipinski definition) is 6. The molecule has 0 aliphatic carbocycles. The zero-order chi connectivity index (χ0) is 24.0. The smallest absolute Gasteiger partial charge is 0.294 e. The molecule has 2 heterocycles. The maximum atomic E-state index is 13.7. The SMILES string of the molecule is COc1cccc2cc(C(=O)C3=C(O)C(=O)N(c4ccccc4C)C3c3ccc(O)cc3)oc12. The minimum atomic E-state index is -0.920. The average molecular weight is 455 g/mol. The van der Waals surface area contributed by atoms with Gasteiger partial charge in [-0.1, -0.05) is 42.5 Å². The van der Waals surface area contributed by atoms with Crippen molar-refractivity contribution >= 4 is 28.3 Å². The van der Waals surface area contributed by atoms with Gasteiger partial charge in [0.1, 0.15) is 5.75 Å². The van der Waals surface area contributed by atoms with Crippen LogP contribution in [0, 0.1) is 6.92 Å². The van der Waals surface area contributed by atoms with E-state index in [0.29, 0.717) is 28.0 Å². The number of phenolic OH excluding ortho intramolecular Hbond substituents is 1. The quantitative estimate of drug-likeness (QED) is 0.399. The second kappa shape index (κ2) is 8.12. The molecule has 7 nitrogen and oxygen atoms in total. The van der Waals surface area contributed by atoms with E-state index in [-0.39, 0.29) is 17.1 Å². The van der Waals surface area contributed by atoms with Crippen LogP contribution in [0.3, 0.4) is 0 Å². The molecule has 0 fully saturated rings. The number of hydrogen-bond donors (Lipinski definition) is 2. The van der Waals surface area contributed by atoms with E-state index in [1.165, 1.54) is 24.1 Å². The highest BCUT2D eigenvalue weighted by atomic mass is 16.5. The highest BCUT2D eigenvalue weighted by molar-refractivity contribution is 6.21. The van der Waals surface area contributed by atoms with Gasteiger partial charge < -0.3 is 19.4 Å². The third-order valence-corrected chi connectivity index (χ3v) is 5.99. The molecule has 1 aromatic heterocycles. The Morgan fingerprint density at radius 1 is 1.00 bits per heavy atom. The number of ketones is 1. The summed E-state index contributed by atoms with van der Waals surface area (Å²) in [7, 11) is 1.50. The zero-order valence-electron chi connectivity index (χ0n) is 18.5. The number of para-hydroxylation sites is 2. The van der Waals surface area contributed by atoms with Crippen molar-refractivity contribution in [1.29, 1.82) is 0 Å². The number of aliphatic hydroxyl groups is 1. The molecule has 4 aromatic rings. The molecule has 3 aromatic carbocycles. The van der Waals surface area contributed by atoms with E-state index in [9.17, 15) is 19.8 Å². The van der Waals surface area contributed by atoms with Gasteiger partial charge in [-0.25, -0.2) is 0 Å². The summed E-state index contributed by atoms with van der Waals surface area (Å²) in [6, 6.07) is 19.3. The van der Waals surface area contributed by atoms with Crippen molar-refractivity contribution in [3.63, 3.8) is 0 Å². The molecular weight excluding hydrogens is 434 g/mol. The van der Waals surface area contributed by atoms with Crippen LogP contribution in [0.15, 0.2) is 88.5 Å². The number of furan rings is 1. The van der Waals surface area contributed by atoms with E-state index in [1.807, 2.05) is 19.1 Å². The summed E-state index contributed by atoms with van der Waals surface area (Å²) in [6.45, 7) is 1.85. The number of amides is 1. The van der Waals surface area contributed by atoms with E-state index in [1.54, 1.807) is 48.5 Å².